The maximum absolute atomic E-state index is 17.6. The Bertz CT molecular complexity index is 2670. The van der Waals surface area contributed by atoms with Crippen LogP contribution in [-0.2, 0) is 24.0 Å². The monoisotopic (exact) mass is 869 g/mol. The van der Waals surface area contributed by atoms with Crippen molar-refractivity contribution < 1.29 is 45.4 Å². The molecular weight excluding hydrogens is 829 g/mol. The number of hydrogen-bond donors (Lipinski definition) is 1. The van der Waals surface area contributed by atoms with Gasteiger partial charge in [0.25, 0.3) is 5.91 Å². The molecule has 0 saturated carbocycles. The topological polar surface area (TPSA) is 142 Å². The van der Waals surface area contributed by atoms with Crippen LogP contribution in [0.1, 0.15) is 72.9 Å². The average molecular weight is 870 g/mol. The summed E-state index contributed by atoms with van der Waals surface area (Å²) in [6.07, 6.45) is -5.70. The van der Waals surface area contributed by atoms with Crippen LogP contribution in [0.5, 0.6) is 6.01 Å². The van der Waals surface area contributed by atoms with Crippen LogP contribution in [0.25, 0.3) is 32.1 Å². The molecule has 2 aromatic carbocycles. The first-order chi connectivity index (χ1) is 28.7. The molecule has 1 N–H and O–H groups in total. The zero-order chi connectivity index (χ0) is 43.9. The molecule has 3 aliphatic rings. The van der Waals surface area contributed by atoms with Gasteiger partial charge in [-0.15, -0.1) is 11.3 Å². The van der Waals surface area contributed by atoms with Crippen molar-refractivity contribution in [1.29, 1.82) is 5.26 Å². The fraction of sp³-hybridized carbons (Fsp3) is 0.463. The van der Waals surface area contributed by atoms with Crippen molar-refractivity contribution in [3.05, 3.63) is 57.9 Å². The molecular formula is C41H41F6N9O4S. The van der Waals surface area contributed by atoms with Crippen LogP contribution in [0.3, 0.4) is 0 Å². The molecule has 0 aliphatic carbocycles. The highest BCUT2D eigenvalue weighted by atomic mass is 32.1. The van der Waals surface area contributed by atoms with Crippen molar-refractivity contribution in [2.24, 2.45) is 0 Å². The van der Waals surface area contributed by atoms with E-state index in [0.29, 0.717) is 35.6 Å². The number of hydrogen-bond acceptors (Lipinski definition) is 11. The molecule has 0 radical (unpaired) electrons. The molecule has 2 fully saturated rings. The maximum Gasteiger partial charge on any atom is 0.417 e. The van der Waals surface area contributed by atoms with Crippen LogP contribution >= 0.6 is 11.3 Å². The number of rotatable bonds is 7. The van der Waals surface area contributed by atoms with Gasteiger partial charge < -0.3 is 19.3 Å². The van der Waals surface area contributed by atoms with Gasteiger partial charge in [0.05, 0.1) is 40.1 Å². The maximum atomic E-state index is 17.6. The van der Waals surface area contributed by atoms with E-state index < -0.39 is 69.0 Å². The second kappa shape index (κ2) is 15.0. The van der Waals surface area contributed by atoms with Crippen LogP contribution in [0, 0.1) is 29.9 Å². The van der Waals surface area contributed by atoms with Crippen molar-refractivity contribution in [1.82, 2.24) is 29.5 Å². The third-order valence-electron chi connectivity index (χ3n) is 11.4. The molecule has 0 bridgehead atoms. The zero-order valence-electron chi connectivity index (χ0n) is 34.1. The summed E-state index contributed by atoms with van der Waals surface area (Å²) in [6.45, 7) is 7.65. The Morgan fingerprint density at radius 3 is 2.57 bits per heavy atom. The lowest BCUT2D eigenvalue weighted by molar-refractivity contribution is -0.137. The number of thiophene rings is 1. The number of nitrogens with one attached hydrogen (secondary N) is 1. The van der Waals surface area contributed by atoms with Gasteiger partial charge in [0.15, 0.2) is 11.5 Å². The van der Waals surface area contributed by atoms with Crippen LogP contribution in [0.4, 0.5) is 42.0 Å². The summed E-state index contributed by atoms with van der Waals surface area (Å²) in [6, 6.07) is 4.01. The van der Waals surface area contributed by atoms with Gasteiger partial charge in [0.1, 0.15) is 46.6 Å². The molecule has 3 aromatic heterocycles. The molecule has 61 heavy (non-hydrogen) atoms. The van der Waals surface area contributed by atoms with E-state index >= 15 is 22.0 Å². The van der Waals surface area contributed by atoms with Crippen LogP contribution in [0.15, 0.2) is 18.2 Å². The SMILES string of the molecule is Cc1c(C(=O)N(C)C)nn2c1CN(c1nc(OC[C@@]34CCCN3C[C@H](F)C4)nc3c(F)c(-c4ccc(F)c5sc(NC(=O)OC(C)(C)C)c(C#N)c45)c(C(F)(F)F)cc13)CC2. The summed E-state index contributed by atoms with van der Waals surface area (Å²) in [5.41, 5.74) is -4.22. The molecule has 8 rings (SSSR count). The fourth-order valence-corrected chi connectivity index (χ4v) is 9.71. The van der Waals surface area contributed by atoms with Gasteiger partial charge in [-0.2, -0.15) is 33.5 Å². The lowest BCUT2D eigenvalue weighted by Crippen LogP contribution is -2.43. The summed E-state index contributed by atoms with van der Waals surface area (Å²) in [4.78, 5) is 39.7. The predicted molar refractivity (Wildman–Crippen MR) is 214 cm³/mol. The Balaban J connectivity index is 1.32. The first-order valence-corrected chi connectivity index (χ1v) is 20.3. The molecule has 20 heteroatoms. The third-order valence-corrected chi connectivity index (χ3v) is 12.5. The first kappa shape index (κ1) is 42.0. The second-order valence-corrected chi connectivity index (χ2v) is 17.8. The molecule has 2 atom stereocenters. The van der Waals surface area contributed by atoms with Gasteiger partial charge in [-0.1, -0.05) is 6.07 Å². The largest absolute Gasteiger partial charge is 0.461 e. The minimum Gasteiger partial charge on any atom is -0.461 e. The Morgan fingerprint density at radius 2 is 1.89 bits per heavy atom. The van der Waals surface area contributed by atoms with Crippen LogP contribution in [0.2, 0.25) is 0 Å². The molecule has 2 amide bonds. The number of benzene rings is 2. The van der Waals surface area contributed by atoms with Crippen LogP contribution < -0.4 is 15.0 Å². The van der Waals surface area contributed by atoms with E-state index in [4.69, 9.17) is 9.47 Å². The molecule has 3 aliphatic heterocycles. The first-order valence-electron chi connectivity index (χ1n) is 19.5. The molecule has 0 spiro atoms. The normalized spacial score (nSPS) is 19.3. The highest BCUT2D eigenvalue weighted by Crippen LogP contribution is 2.49. The number of fused-ring (bicyclic) bond motifs is 4. The molecule has 6 heterocycles. The van der Waals surface area contributed by atoms with E-state index in [0.717, 1.165) is 24.6 Å². The number of aromatic nitrogens is 4. The van der Waals surface area contributed by atoms with E-state index in [-0.39, 0.29) is 83.1 Å². The number of alkyl halides is 4. The van der Waals surface area contributed by atoms with Crippen molar-refractivity contribution in [3.63, 3.8) is 0 Å². The number of carbonyl (C=O) groups is 2. The summed E-state index contributed by atoms with van der Waals surface area (Å²) in [7, 11) is 3.17. The highest BCUT2D eigenvalue weighted by Gasteiger charge is 2.49. The highest BCUT2D eigenvalue weighted by molar-refractivity contribution is 7.23. The van der Waals surface area contributed by atoms with Gasteiger partial charge in [-0.3, -0.25) is 19.7 Å². The van der Waals surface area contributed by atoms with Gasteiger partial charge in [-0.05, 0) is 64.8 Å². The van der Waals surface area contributed by atoms with E-state index in [1.807, 2.05) is 11.0 Å². The van der Waals surface area contributed by atoms with E-state index in [2.05, 4.69) is 20.4 Å². The minimum atomic E-state index is -5.22. The second-order valence-electron chi connectivity index (χ2n) is 16.8. The molecule has 13 nitrogen and oxygen atoms in total. The fourth-order valence-electron chi connectivity index (χ4n) is 8.64. The smallest absolute Gasteiger partial charge is 0.417 e. The Kier molecular flexibility index (Phi) is 10.4. The Labute approximate surface area is 349 Å². The number of nitrogens with zero attached hydrogens (tertiary/aromatic N) is 8. The van der Waals surface area contributed by atoms with Gasteiger partial charge in [-0.25, -0.2) is 18.0 Å². The number of ether oxygens (including phenoxy) is 2. The van der Waals surface area contributed by atoms with Crippen LogP contribution in [-0.4, -0.2) is 99.2 Å². The summed E-state index contributed by atoms with van der Waals surface area (Å²) >= 11 is 0.584. The molecule has 5 aromatic rings. The standard InChI is InChI=1S/C41H41F6N9O4S/c1-20-27-18-54(12-13-56(27)52-31(20)36(57)53(5)6)34-23-14-25(41(45,46)47)29(30(44)32(23)49-37(50-34)59-19-40-10-7-11-55(40)17-21(42)15-40)22-8-9-26(43)33-28(22)24(16-48)35(61-33)51-38(58)60-39(2,3)4/h8-9,14,21H,7,10-13,15,17-19H2,1-6H3,(H,51,58)/t21-,40+/m1/s1. The Morgan fingerprint density at radius 1 is 1.13 bits per heavy atom. The molecule has 2 saturated heterocycles. The number of nitriles is 1. The lowest BCUT2D eigenvalue weighted by Gasteiger charge is -2.32. The summed E-state index contributed by atoms with van der Waals surface area (Å²) in [5.74, 6) is -2.81. The summed E-state index contributed by atoms with van der Waals surface area (Å²) < 4.78 is 107. The Hall–Kier alpha value is -5.68. The van der Waals surface area contributed by atoms with Gasteiger partial charge >= 0.3 is 18.3 Å². The molecule has 0 unspecified atom stereocenters. The minimum absolute atomic E-state index is 0.0174. The average Bonchev–Trinajstić information content (AvgIpc) is 3.92. The number of halogens is 6. The predicted octanol–water partition coefficient (Wildman–Crippen LogP) is 8.21. The number of anilines is 2. The van der Waals surface area contributed by atoms with Gasteiger partial charge in [0.2, 0.25) is 0 Å². The van der Waals surface area contributed by atoms with Gasteiger partial charge in [0, 0.05) is 55.5 Å². The van der Waals surface area contributed by atoms with Crippen molar-refractivity contribution in [2.75, 3.05) is 50.6 Å². The summed E-state index contributed by atoms with van der Waals surface area (Å²) in [5, 5.41) is 16.3. The third kappa shape index (κ3) is 7.45. The number of carbonyl (C=O) groups excluding carboxylic acids is 2. The van der Waals surface area contributed by atoms with Crippen molar-refractivity contribution in [2.45, 2.75) is 83.5 Å². The van der Waals surface area contributed by atoms with Crippen molar-refractivity contribution in [3.8, 4) is 23.2 Å². The zero-order valence-corrected chi connectivity index (χ0v) is 34.9. The quantitative estimate of drug-likeness (QED) is 0.159. The molecule has 322 valence electrons. The van der Waals surface area contributed by atoms with E-state index in [1.54, 1.807) is 51.4 Å². The van der Waals surface area contributed by atoms with E-state index in [9.17, 15) is 19.2 Å². The van der Waals surface area contributed by atoms with Crippen molar-refractivity contribution >= 4 is 55.1 Å². The number of amides is 2. The lowest BCUT2D eigenvalue weighted by atomic mass is 9.92. The van der Waals surface area contributed by atoms with E-state index in [1.165, 1.54) is 4.90 Å².